The van der Waals surface area contributed by atoms with E-state index in [0.717, 1.165) is 17.7 Å². The summed E-state index contributed by atoms with van der Waals surface area (Å²) in [5.41, 5.74) is 2.94. The molecule has 2 heterocycles. The molecule has 0 spiro atoms. The summed E-state index contributed by atoms with van der Waals surface area (Å²) >= 11 is 0. The van der Waals surface area contributed by atoms with Gasteiger partial charge in [0.25, 0.3) is 5.91 Å². The third kappa shape index (κ3) is 2.84. The zero-order valence-electron chi connectivity index (χ0n) is 14.6. The van der Waals surface area contributed by atoms with E-state index in [-0.39, 0.29) is 11.9 Å². The molecule has 0 bridgehead atoms. The number of rotatable bonds is 4. The molecule has 128 valence electrons. The van der Waals surface area contributed by atoms with Crippen LogP contribution in [0.2, 0.25) is 0 Å². The van der Waals surface area contributed by atoms with Crippen LogP contribution in [-0.2, 0) is 13.0 Å². The van der Waals surface area contributed by atoms with Gasteiger partial charge >= 0.3 is 0 Å². The highest BCUT2D eigenvalue weighted by molar-refractivity contribution is 5.92. The van der Waals surface area contributed by atoms with Crippen LogP contribution in [0.4, 0.5) is 0 Å². The number of carbonyl (C=O) groups is 1. The normalized spacial score (nSPS) is 13.8. The van der Waals surface area contributed by atoms with Crippen molar-refractivity contribution in [3.8, 4) is 11.5 Å². The number of carbonyl (C=O) groups excluding carboxylic acids is 1. The van der Waals surface area contributed by atoms with E-state index in [1.165, 1.54) is 5.56 Å². The van der Waals surface area contributed by atoms with E-state index in [1.54, 1.807) is 31.2 Å². The molecule has 0 aliphatic carbocycles. The molecule has 1 aliphatic rings. The van der Waals surface area contributed by atoms with Gasteiger partial charge < -0.3 is 14.4 Å². The van der Waals surface area contributed by atoms with Crippen molar-refractivity contribution >= 4 is 5.91 Å². The van der Waals surface area contributed by atoms with Gasteiger partial charge in [-0.05, 0) is 49.6 Å². The minimum atomic E-state index is 0.0154. The van der Waals surface area contributed by atoms with Crippen LogP contribution in [0.1, 0.15) is 41.5 Å². The Morgan fingerprint density at radius 1 is 1.17 bits per heavy atom. The number of hydrogen-bond acceptors (Lipinski definition) is 4. The number of benzene rings is 1. The fourth-order valence-electron chi connectivity index (χ4n) is 3.11. The number of nitrogens with zero attached hydrogens (tertiary/aromatic N) is 3. The number of hydrogen-bond donors (Lipinski definition) is 0. The lowest BCUT2D eigenvalue weighted by Crippen LogP contribution is -2.37. The zero-order chi connectivity index (χ0) is 17.3. The molecule has 0 fully saturated rings. The molecule has 6 nitrogen and oxygen atoms in total. The quantitative estimate of drug-likeness (QED) is 0.865. The van der Waals surface area contributed by atoms with Crippen LogP contribution in [0.3, 0.4) is 0 Å². The maximum absolute atomic E-state index is 12.9. The highest BCUT2D eigenvalue weighted by atomic mass is 16.5. The van der Waals surface area contributed by atoms with Gasteiger partial charge in [0.1, 0.15) is 5.69 Å². The van der Waals surface area contributed by atoms with Crippen molar-refractivity contribution in [2.75, 3.05) is 20.8 Å². The van der Waals surface area contributed by atoms with Crippen LogP contribution in [0, 0.1) is 0 Å². The van der Waals surface area contributed by atoms with Crippen LogP contribution >= 0.6 is 0 Å². The van der Waals surface area contributed by atoms with Gasteiger partial charge in [0, 0.05) is 25.3 Å². The summed E-state index contributed by atoms with van der Waals surface area (Å²) in [6, 6.07) is 5.91. The molecule has 24 heavy (non-hydrogen) atoms. The Morgan fingerprint density at radius 3 is 2.46 bits per heavy atom. The van der Waals surface area contributed by atoms with Crippen LogP contribution in [0.5, 0.6) is 11.5 Å². The van der Waals surface area contributed by atoms with Gasteiger partial charge in [-0.25, -0.2) is 0 Å². The average molecular weight is 329 g/mol. The Bertz CT molecular complexity index is 752. The van der Waals surface area contributed by atoms with Gasteiger partial charge in [-0.2, -0.15) is 5.10 Å². The molecule has 1 amide bonds. The lowest BCUT2D eigenvalue weighted by atomic mass is 9.98. The van der Waals surface area contributed by atoms with E-state index in [0.29, 0.717) is 24.5 Å². The van der Waals surface area contributed by atoms with Crippen molar-refractivity contribution in [3.63, 3.8) is 0 Å². The fourth-order valence-corrected chi connectivity index (χ4v) is 3.11. The smallest absolute Gasteiger partial charge is 0.272 e. The van der Waals surface area contributed by atoms with Gasteiger partial charge in [0.15, 0.2) is 11.5 Å². The molecule has 0 N–H and O–H groups in total. The van der Waals surface area contributed by atoms with E-state index < -0.39 is 0 Å². The lowest BCUT2D eigenvalue weighted by molar-refractivity contribution is 0.0719. The molecule has 0 unspecified atom stereocenters. The molecule has 1 aromatic carbocycles. The summed E-state index contributed by atoms with van der Waals surface area (Å²) in [6.07, 6.45) is 2.48. The van der Waals surface area contributed by atoms with Gasteiger partial charge in [0.05, 0.1) is 14.2 Å². The van der Waals surface area contributed by atoms with E-state index in [9.17, 15) is 4.79 Å². The van der Waals surface area contributed by atoms with E-state index >= 15 is 0 Å². The van der Waals surface area contributed by atoms with Crippen LogP contribution < -0.4 is 9.47 Å². The predicted molar refractivity (Wildman–Crippen MR) is 90.6 cm³/mol. The Balaban J connectivity index is 1.87. The van der Waals surface area contributed by atoms with Gasteiger partial charge in [-0.3, -0.25) is 9.48 Å². The molecule has 1 aliphatic heterocycles. The number of amides is 1. The molecular formula is C18H23N3O3. The third-order valence-electron chi connectivity index (χ3n) is 4.38. The van der Waals surface area contributed by atoms with Gasteiger partial charge in [-0.15, -0.1) is 0 Å². The molecule has 0 saturated heterocycles. The first kappa shape index (κ1) is 16.4. The molecule has 3 rings (SSSR count). The fraction of sp³-hybridized carbons (Fsp3) is 0.444. The minimum Gasteiger partial charge on any atom is -0.493 e. The Morgan fingerprint density at radius 2 is 1.83 bits per heavy atom. The highest BCUT2D eigenvalue weighted by Crippen LogP contribution is 2.33. The molecular weight excluding hydrogens is 306 g/mol. The zero-order valence-corrected chi connectivity index (χ0v) is 14.6. The standard InChI is InChI=1S/C18H23N3O3/c1-12(2)21-15(5-7-19-21)18(22)20-8-6-13-9-16(23-3)17(24-4)10-14(13)11-20/h5,7,9-10,12H,6,8,11H2,1-4H3. The Labute approximate surface area is 142 Å². The minimum absolute atomic E-state index is 0.0154. The predicted octanol–water partition coefficient (Wildman–Crippen LogP) is 2.68. The molecule has 0 atom stereocenters. The first-order valence-electron chi connectivity index (χ1n) is 8.11. The van der Waals surface area contributed by atoms with Crippen molar-refractivity contribution in [2.45, 2.75) is 32.9 Å². The second kappa shape index (κ2) is 6.55. The summed E-state index contributed by atoms with van der Waals surface area (Å²) in [5, 5.41) is 4.26. The molecule has 0 radical (unpaired) electrons. The topological polar surface area (TPSA) is 56.6 Å². The SMILES string of the molecule is COc1cc2c(cc1OC)CN(C(=O)c1ccnn1C(C)C)CC2. The molecule has 2 aromatic rings. The Kier molecular flexibility index (Phi) is 4.46. The summed E-state index contributed by atoms with van der Waals surface area (Å²) in [6.45, 7) is 5.29. The number of aromatic nitrogens is 2. The lowest BCUT2D eigenvalue weighted by Gasteiger charge is -2.30. The summed E-state index contributed by atoms with van der Waals surface area (Å²) in [4.78, 5) is 14.7. The summed E-state index contributed by atoms with van der Waals surface area (Å²) in [5.74, 6) is 1.44. The monoisotopic (exact) mass is 329 g/mol. The first-order chi connectivity index (χ1) is 11.5. The van der Waals surface area contributed by atoms with Crippen molar-refractivity contribution in [1.82, 2.24) is 14.7 Å². The second-order valence-corrected chi connectivity index (χ2v) is 6.21. The first-order valence-corrected chi connectivity index (χ1v) is 8.11. The van der Waals surface area contributed by atoms with Crippen molar-refractivity contribution in [3.05, 3.63) is 41.2 Å². The maximum Gasteiger partial charge on any atom is 0.272 e. The van der Waals surface area contributed by atoms with E-state index in [2.05, 4.69) is 5.10 Å². The third-order valence-corrected chi connectivity index (χ3v) is 4.38. The maximum atomic E-state index is 12.9. The van der Waals surface area contributed by atoms with Crippen molar-refractivity contribution in [1.29, 1.82) is 0 Å². The van der Waals surface area contributed by atoms with Crippen LogP contribution in [0.25, 0.3) is 0 Å². The largest absolute Gasteiger partial charge is 0.493 e. The average Bonchev–Trinajstić information content (AvgIpc) is 3.09. The van der Waals surface area contributed by atoms with E-state index in [4.69, 9.17) is 9.47 Å². The summed E-state index contributed by atoms with van der Waals surface area (Å²) < 4.78 is 12.5. The van der Waals surface area contributed by atoms with Crippen LogP contribution in [0.15, 0.2) is 24.4 Å². The van der Waals surface area contributed by atoms with Crippen LogP contribution in [-0.4, -0.2) is 41.4 Å². The molecule has 6 heteroatoms. The van der Waals surface area contributed by atoms with Crippen molar-refractivity contribution in [2.24, 2.45) is 0 Å². The van der Waals surface area contributed by atoms with E-state index in [1.807, 2.05) is 30.9 Å². The van der Waals surface area contributed by atoms with Gasteiger partial charge in [0.2, 0.25) is 0 Å². The highest BCUT2D eigenvalue weighted by Gasteiger charge is 2.26. The second-order valence-electron chi connectivity index (χ2n) is 6.21. The number of fused-ring (bicyclic) bond motifs is 1. The van der Waals surface area contributed by atoms with Gasteiger partial charge in [-0.1, -0.05) is 0 Å². The Hall–Kier alpha value is -2.50. The summed E-state index contributed by atoms with van der Waals surface area (Å²) in [7, 11) is 3.26. The molecule has 0 saturated carbocycles. The van der Waals surface area contributed by atoms with Crippen molar-refractivity contribution < 1.29 is 14.3 Å². The molecule has 1 aromatic heterocycles. The number of ether oxygens (including phenoxy) is 2. The number of methoxy groups -OCH3 is 2.